The first-order valence-corrected chi connectivity index (χ1v) is 11.3. The van der Waals surface area contributed by atoms with Crippen LogP contribution < -0.4 is 14.8 Å². The fourth-order valence-corrected chi connectivity index (χ4v) is 3.46. The predicted molar refractivity (Wildman–Crippen MR) is 129 cm³/mol. The number of anilines is 1. The Kier molecular flexibility index (Phi) is 8.53. The fourth-order valence-electron chi connectivity index (χ4n) is 2.96. The average Bonchev–Trinajstić information content (AvgIpc) is 2.75. The van der Waals surface area contributed by atoms with Crippen LogP contribution in [0.2, 0.25) is 0 Å². The van der Waals surface area contributed by atoms with E-state index in [4.69, 9.17) is 9.47 Å². The lowest BCUT2D eigenvalue weighted by Crippen LogP contribution is -2.12. The molecular weight excluding hydrogens is 454 g/mol. The van der Waals surface area contributed by atoms with Gasteiger partial charge in [-0.2, -0.15) is 0 Å². The lowest BCUT2D eigenvalue weighted by molar-refractivity contribution is 0.102. The monoisotopic (exact) mass is 481 g/mol. The summed E-state index contributed by atoms with van der Waals surface area (Å²) in [5.41, 5.74) is 2.48. The Morgan fingerprint density at radius 2 is 1.74 bits per heavy atom. The molecule has 0 radical (unpaired) electrons. The van der Waals surface area contributed by atoms with E-state index in [0.717, 1.165) is 23.1 Å². The van der Waals surface area contributed by atoms with Crippen LogP contribution in [0.1, 0.15) is 36.2 Å². The van der Waals surface area contributed by atoms with Gasteiger partial charge >= 0.3 is 0 Å². The number of hydrogen-bond donors (Lipinski definition) is 1. The van der Waals surface area contributed by atoms with E-state index in [1.54, 1.807) is 12.1 Å². The van der Waals surface area contributed by atoms with Crippen molar-refractivity contribution >= 4 is 27.5 Å². The van der Waals surface area contributed by atoms with Crippen molar-refractivity contribution in [2.45, 2.75) is 26.7 Å². The molecule has 3 rings (SSSR count). The number of halogens is 1. The number of hydrogen-bond acceptors (Lipinski definition) is 3. The Labute approximate surface area is 192 Å². The van der Waals surface area contributed by atoms with E-state index in [0.29, 0.717) is 36.1 Å². The van der Waals surface area contributed by atoms with Crippen LogP contribution in [0.5, 0.6) is 11.5 Å². The van der Waals surface area contributed by atoms with Gasteiger partial charge in [0.25, 0.3) is 5.91 Å². The molecule has 0 fully saturated rings. The minimum absolute atomic E-state index is 0.184. The molecule has 0 aliphatic carbocycles. The van der Waals surface area contributed by atoms with Gasteiger partial charge in [-0.15, -0.1) is 0 Å². The maximum Gasteiger partial charge on any atom is 0.255 e. The van der Waals surface area contributed by atoms with Crippen molar-refractivity contribution in [3.05, 3.63) is 88.4 Å². The molecule has 0 aliphatic heterocycles. The average molecular weight is 482 g/mol. The van der Waals surface area contributed by atoms with Crippen LogP contribution in [-0.4, -0.2) is 19.1 Å². The normalized spacial score (nSPS) is 10.7. The second-order valence-electron chi connectivity index (χ2n) is 7.74. The molecule has 0 bridgehead atoms. The Hall–Kier alpha value is -2.79. The van der Waals surface area contributed by atoms with E-state index in [-0.39, 0.29) is 5.91 Å². The topological polar surface area (TPSA) is 47.6 Å². The van der Waals surface area contributed by atoms with Crippen molar-refractivity contribution in [2.24, 2.45) is 5.92 Å². The summed E-state index contributed by atoms with van der Waals surface area (Å²) in [5.74, 6) is 1.87. The minimum Gasteiger partial charge on any atom is -0.494 e. The molecule has 1 amide bonds. The lowest BCUT2D eigenvalue weighted by Gasteiger charge is -2.12. The Balaban J connectivity index is 1.55. The summed E-state index contributed by atoms with van der Waals surface area (Å²) < 4.78 is 12.4. The van der Waals surface area contributed by atoms with Crippen LogP contribution in [0.25, 0.3) is 0 Å². The summed E-state index contributed by atoms with van der Waals surface area (Å²) in [6, 6.07) is 23.0. The van der Waals surface area contributed by atoms with Gasteiger partial charge < -0.3 is 14.8 Å². The number of rotatable bonds is 10. The van der Waals surface area contributed by atoms with E-state index in [1.165, 1.54) is 5.56 Å². The Morgan fingerprint density at radius 3 is 2.48 bits per heavy atom. The molecule has 0 spiro atoms. The second kappa shape index (κ2) is 11.6. The molecule has 1 N–H and O–H groups in total. The summed E-state index contributed by atoms with van der Waals surface area (Å²) >= 11 is 3.51. The number of carbonyl (C=O) groups excluding carboxylic acids is 1. The molecule has 0 aromatic heterocycles. The van der Waals surface area contributed by atoms with Gasteiger partial charge in [-0.05, 0) is 64.2 Å². The van der Waals surface area contributed by atoms with E-state index in [1.807, 2.05) is 48.5 Å². The quantitative estimate of drug-likeness (QED) is 0.348. The summed E-state index contributed by atoms with van der Waals surface area (Å²) in [6.07, 6.45) is 1.81. The number of carbonyl (C=O) groups is 1. The molecular formula is C26H28BrNO3. The van der Waals surface area contributed by atoms with E-state index >= 15 is 0 Å². The standard InChI is InChI=1S/C26H28BrNO3/c1-19(2)13-15-30-23-10-6-9-22(18-23)28-26(29)21-11-12-25(24(27)17-21)31-16-14-20-7-4-3-5-8-20/h3-12,17-19H,13-16H2,1-2H3,(H,28,29). The van der Waals surface area contributed by atoms with Crippen molar-refractivity contribution in [2.75, 3.05) is 18.5 Å². The summed E-state index contributed by atoms with van der Waals surface area (Å²) in [4.78, 5) is 12.7. The van der Waals surface area contributed by atoms with E-state index in [2.05, 4.69) is 47.2 Å². The molecule has 0 saturated heterocycles. The molecule has 3 aromatic carbocycles. The third-order valence-corrected chi connectivity index (χ3v) is 5.36. The molecule has 3 aromatic rings. The zero-order chi connectivity index (χ0) is 22.1. The smallest absolute Gasteiger partial charge is 0.255 e. The molecule has 0 unspecified atom stereocenters. The SMILES string of the molecule is CC(C)CCOc1cccc(NC(=O)c2ccc(OCCc3ccccc3)c(Br)c2)c1. The Morgan fingerprint density at radius 1 is 0.935 bits per heavy atom. The highest BCUT2D eigenvalue weighted by Gasteiger charge is 2.10. The molecule has 162 valence electrons. The number of ether oxygens (including phenoxy) is 2. The first-order chi connectivity index (χ1) is 15.0. The largest absolute Gasteiger partial charge is 0.494 e. The van der Waals surface area contributed by atoms with Gasteiger partial charge in [-0.3, -0.25) is 4.79 Å². The summed E-state index contributed by atoms with van der Waals surface area (Å²) in [7, 11) is 0. The first-order valence-electron chi connectivity index (χ1n) is 10.5. The van der Waals surface area contributed by atoms with Crippen LogP contribution in [-0.2, 0) is 6.42 Å². The van der Waals surface area contributed by atoms with E-state index < -0.39 is 0 Å². The highest BCUT2D eigenvalue weighted by atomic mass is 79.9. The maximum atomic E-state index is 12.7. The maximum absolute atomic E-state index is 12.7. The van der Waals surface area contributed by atoms with Crippen molar-refractivity contribution in [3.63, 3.8) is 0 Å². The molecule has 5 heteroatoms. The second-order valence-corrected chi connectivity index (χ2v) is 8.60. The summed E-state index contributed by atoms with van der Waals surface area (Å²) in [5, 5.41) is 2.93. The van der Waals surface area contributed by atoms with Gasteiger partial charge in [-0.1, -0.05) is 50.2 Å². The van der Waals surface area contributed by atoms with Gasteiger partial charge in [0, 0.05) is 23.7 Å². The fraction of sp³-hybridized carbons (Fsp3) is 0.269. The molecule has 31 heavy (non-hydrogen) atoms. The van der Waals surface area contributed by atoms with Crippen molar-refractivity contribution < 1.29 is 14.3 Å². The molecule has 0 heterocycles. The van der Waals surface area contributed by atoms with Crippen LogP contribution in [0.3, 0.4) is 0 Å². The molecule has 0 saturated carbocycles. The number of amides is 1. The molecule has 4 nitrogen and oxygen atoms in total. The minimum atomic E-state index is -0.184. The molecule has 0 aliphatic rings. The van der Waals surface area contributed by atoms with Gasteiger partial charge in [-0.25, -0.2) is 0 Å². The number of nitrogens with one attached hydrogen (secondary N) is 1. The van der Waals surface area contributed by atoms with Gasteiger partial charge in [0.05, 0.1) is 17.7 Å². The van der Waals surface area contributed by atoms with Gasteiger partial charge in [0.2, 0.25) is 0 Å². The Bertz CT molecular complexity index is 989. The number of benzene rings is 3. The van der Waals surface area contributed by atoms with Crippen LogP contribution >= 0.6 is 15.9 Å². The van der Waals surface area contributed by atoms with Gasteiger partial charge in [0.15, 0.2) is 0 Å². The molecule has 0 atom stereocenters. The van der Waals surface area contributed by atoms with Crippen molar-refractivity contribution in [1.29, 1.82) is 0 Å². The highest BCUT2D eigenvalue weighted by molar-refractivity contribution is 9.10. The first kappa shape index (κ1) is 22.9. The van der Waals surface area contributed by atoms with Crippen LogP contribution in [0.15, 0.2) is 77.3 Å². The van der Waals surface area contributed by atoms with E-state index in [9.17, 15) is 4.79 Å². The summed E-state index contributed by atoms with van der Waals surface area (Å²) in [6.45, 7) is 5.56. The predicted octanol–water partition coefficient (Wildman–Crippen LogP) is 6.75. The third kappa shape index (κ3) is 7.44. The lowest BCUT2D eigenvalue weighted by atomic mass is 10.1. The third-order valence-electron chi connectivity index (χ3n) is 4.74. The zero-order valence-electron chi connectivity index (χ0n) is 17.9. The van der Waals surface area contributed by atoms with Crippen molar-refractivity contribution in [3.8, 4) is 11.5 Å². The van der Waals surface area contributed by atoms with Gasteiger partial charge in [0.1, 0.15) is 11.5 Å². The van der Waals surface area contributed by atoms with Crippen LogP contribution in [0.4, 0.5) is 5.69 Å². The zero-order valence-corrected chi connectivity index (χ0v) is 19.5. The van der Waals surface area contributed by atoms with Crippen molar-refractivity contribution in [1.82, 2.24) is 0 Å². The van der Waals surface area contributed by atoms with Crippen LogP contribution in [0, 0.1) is 5.92 Å². The highest BCUT2D eigenvalue weighted by Crippen LogP contribution is 2.27.